The molecule has 2 rings (SSSR count). The summed E-state index contributed by atoms with van der Waals surface area (Å²) in [5.74, 6) is 0.820. The van der Waals surface area contributed by atoms with Crippen molar-refractivity contribution in [2.45, 2.75) is 12.5 Å². The van der Waals surface area contributed by atoms with Crippen LogP contribution in [0.5, 0.6) is 0 Å². The molecule has 98 valence electrons. The lowest BCUT2D eigenvalue weighted by atomic mass is 10.2. The summed E-state index contributed by atoms with van der Waals surface area (Å²) < 4.78 is 0. The lowest BCUT2D eigenvalue weighted by molar-refractivity contribution is 0.0827. The molecule has 1 aromatic rings. The van der Waals surface area contributed by atoms with Crippen molar-refractivity contribution in [3.63, 3.8) is 0 Å². The van der Waals surface area contributed by atoms with E-state index in [0.29, 0.717) is 11.6 Å². The van der Waals surface area contributed by atoms with Gasteiger partial charge in [-0.2, -0.15) is 0 Å². The maximum absolute atomic E-state index is 11.7. The highest BCUT2D eigenvalue weighted by Crippen LogP contribution is 2.13. The first-order valence-corrected chi connectivity index (χ1v) is 6.19. The number of carbonyl (C=O) groups excluding carboxylic acids is 1. The van der Waals surface area contributed by atoms with E-state index in [4.69, 9.17) is 0 Å². The minimum absolute atomic E-state index is 0.0188. The molecule has 0 saturated carbocycles. The highest BCUT2D eigenvalue weighted by Gasteiger charge is 2.19. The standard InChI is InChI=1S/C13H20N4O/c1-16(2)13(18)10-4-5-12(14-8-10)15-11-6-7-17(3)9-11/h4-5,8,11H,6-7,9H2,1-3H3,(H,14,15). The molecule has 5 heteroatoms. The van der Waals surface area contributed by atoms with Gasteiger partial charge in [0.15, 0.2) is 0 Å². The molecule has 0 aliphatic carbocycles. The summed E-state index contributed by atoms with van der Waals surface area (Å²) in [6.07, 6.45) is 2.76. The summed E-state index contributed by atoms with van der Waals surface area (Å²) in [6.45, 7) is 2.16. The van der Waals surface area contributed by atoms with E-state index in [1.54, 1.807) is 25.2 Å². The molecule has 1 N–H and O–H groups in total. The maximum Gasteiger partial charge on any atom is 0.254 e. The number of rotatable bonds is 3. The zero-order valence-electron chi connectivity index (χ0n) is 11.2. The van der Waals surface area contributed by atoms with Crippen LogP contribution >= 0.6 is 0 Å². The smallest absolute Gasteiger partial charge is 0.254 e. The fourth-order valence-electron chi connectivity index (χ4n) is 2.13. The summed E-state index contributed by atoms with van der Waals surface area (Å²) in [7, 11) is 5.60. The average molecular weight is 248 g/mol. The van der Waals surface area contributed by atoms with Gasteiger partial charge in [-0.15, -0.1) is 0 Å². The van der Waals surface area contributed by atoms with Crippen molar-refractivity contribution in [3.8, 4) is 0 Å². The van der Waals surface area contributed by atoms with Crippen molar-refractivity contribution in [3.05, 3.63) is 23.9 Å². The van der Waals surface area contributed by atoms with Gasteiger partial charge in [0, 0.05) is 32.9 Å². The number of likely N-dealkylation sites (N-methyl/N-ethyl adjacent to an activating group) is 1. The quantitative estimate of drug-likeness (QED) is 0.863. The van der Waals surface area contributed by atoms with Crippen molar-refractivity contribution in [1.29, 1.82) is 0 Å². The molecule has 18 heavy (non-hydrogen) atoms. The molecule has 1 aromatic heterocycles. The Labute approximate surface area is 108 Å². The van der Waals surface area contributed by atoms with Crippen LogP contribution in [0.2, 0.25) is 0 Å². The molecular formula is C13H20N4O. The topological polar surface area (TPSA) is 48.5 Å². The van der Waals surface area contributed by atoms with Crippen molar-refractivity contribution < 1.29 is 4.79 Å². The van der Waals surface area contributed by atoms with Gasteiger partial charge in [-0.25, -0.2) is 4.98 Å². The third-order valence-electron chi connectivity index (χ3n) is 3.16. The Kier molecular flexibility index (Phi) is 3.81. The molecule has 1 aliphatic rings. The van der Waals surface area contributed by atoms with Crippen LogP contribution in [-0.2, 0) is 0 Å². The fourth-order valence-corrected chi connectivity index (χ4v) is 2.13. The van der Waals surface area contributed by atoms with Crippen LogP contribution in [-0.4, -0.2) is 61.0 Å². The summed E-state index contributed by atoms with van der Waals surface area (Å²) >= 11 is 0. The van der Waals surface area contributed by atoms with Gasteiger partial charge in [0.1, 0.15) is 5.82 Å². The van der Waals surface area contributed by atoms with Crippen molar-refractivity contribution >= 4 is 11.7 Å². The summed E-state index contributed by atoms with van der Waals surface area (Å²) in [4.78, 5) is 19.8. The summed E-state index contributed by atoms with van der Waals surface area (Å²) in [5.41, 5.74) is 0.620. The fraction of sp³-hybridized carbons (Fsp3) is 0.538. The van der Waals surface area contributed by atoms with Crippen LogP contribution in [0.1, 0.15) is 16.8 Å². The number of aromatic nitrogens is 1. The Hall–Kier alpha value is -1.62. The van der Waals surface area contributed by atoms with E-state index >= 15 is 0 Å². The minimum Gasteiger partial charge on any atom is -0.366 e. The Morgan fingerprint density at radius 1 is 1.50 bits per heavy atom. The van der Waals surface area contributed by atoms with E-state index in [9.17, 15) is 4.79 Å². The van der Waals surface area contributed by atoms with Crippen molar-refractivity contribution in [1.82, 2.24) is 14.8 Å². The van der Waals surface area contributed by atoms with E-state index < -0.39 is 0 Å². The van der Waals surface area contributed by atoms with Crippen LogP contribution in [0.3, 0.4) is 0 Å². The molecule has 1 aliphatic heterocycles. The normalized spacial score (nSPS) is 19.8. The Morgan fingerprint density at radius 3 is 2.78 bits per heavy atom. The van der Waals surface area contributed by atoms with Crippen molar-refractivity contribution in [2.24, 2.45) is 0 Å². The molecule has 1 atom stereocenters. The summed E-state index contributed by atoms with van der Waals surface area (Å²) in [5, 5.41) is 3.39. The average Bonchev–Trinajstić information content (AvgIpc) is 2.75. The third kappa shape index (κ3) is 2.98. The first kappa shape index (κ1) is 12.8. The first-order valence-electron chi connectivity index (χ1n) is 6.19. The van der Waals surface area contributed by atoms with E-state index in [0.717, 1.165) is 25.3 Å². The second-order valence-electron chi connectivity index (χ2n) is 5.02. The van der Waals surface area contributed by atoms with Gasteiger partial charge in [-0.1, -0.05) is 0 Å². The number of carbonyl (C=O) groups is 1. The first-order chi connectivity index (χ1) is 8.56. The van der Waals surface area contributed by atoms with Gasteiger partial charge in [0.2, 0.25) is 0 Å². The molecule has 2 heterocycles. The van der Waals surface area contributed by atoms with Gasteiger partial charge >= 0.3 is 0 Å². The lowest BCUT2D eigenvalue weighted by Gasteiger charge is -2.14. The molecule has 0 spiro atoms. The number of pyridine rings is 1. The highest BCUT2D eigenvalue weighted by atomic mass is 16.2. The Morgan fingerprint density at radius 2 is 2.28 bits per heavy atom. The van der Waals surface area contributed by atoms with Gasteiger partial charge in [0.05, 0.1) is 5.56 Å². The van der Waals surface area contributed by atoms with E-state index in [1.807, 2.05) is 12.1 Å². The van der Waals surface area contributed by atoms with E-state index in [-0.39, 0.29) is 5.91 Å². The number of likely N-dealkylation sites (tertiary alicyclic amines) is 1. The molecule has 1 unspecified atom stereocenters. The van der Waals surface area contributed by atoms with Crippen LogP contribution in [0, 0.1) is 0 Å². The van der Waals surface area contributed by atoms with E-state index in [1.165, 1.54) is 0 Å². The predicted octanol–water partition coefficient (Wildman–Crippen LogP) is 0.899. The Balaban J connectivity index is 1.97. The van der Waals surface area contributed by atoms with Crippen molar-refractivity contribution in [2.75, 3.05) is 39.5 Å². The molecule has 0 radical (unpaired) electrons. The monoisotopic (exact) mass is 248 g/mol. The van der Waals surface area contributed by atoms with Gasteiger partial charge in [-0.05, 0) is 32.1 Å². The summed E-state index contributed by atoms with van der Waals surface area (Å²) in [6, 6.07) is 4.14. The molecule has 0 aromatic carbocycles. The second kappa shape index (κ2) is 5.35. The number of nitrogens with zero attached hydrogens (tertiary/aromatic N) is 3. The SMILES string of the molecule is CN1CCC(Nc2ccc(C(=O)N(C)C)cn2)C1. The number of amides is 1. The third-order valence-corrected chi connectivity index (χ3v) is 3.16. The largest absolute Gasteiger partial charge is 0.366 e. The van der Waals surface area contributed by atoms with Crippen LogP contribution in [0.25, 0.3) is 0 Å². The van der Waals surface area contributed by atoms with Crippen LogP contribution in [0.15, 0.2) is 18.3 Å². The highest BCUT2D eigenvalue weighted by molar-refractivity contribution is 5.93. The Bertz CT molecular complexity index is 416. The molecule has 1 amide bonds. The maximum atomic E-state index is 11.7. The second-order valence-corrected chi connectivity index (χ2v) is 5.02. The lowest BCUT2D eigenvalue weighted by Crippen LogP contribution is -2.24. The number of hydrogen-bond donors (Lipinski definition) is 1. The van der Waals surface area contributed by atoms with E-state index in [2.05, 4.69) is 22.2 Å². The zero-order chi connectivity index (χ0) is 13.1. The van der Waals surface area contributed by atoms with Gasteiger partial charge in [0.25, 0.3) is 5.91 Å². The number of hydrogen-bond acceptors (Lipinski definition) is 4. The molecule has 5 nitrogen and oxygen atoms in total. The minimum atomic E-state index is -0.0188. The number of nitrogens with one attached hydrogen (secondary N) is 1. The molecule has 1 fully saturated rings. The van der Waals surface area contributed by atoms with Gasteiger partial charge in [-0.3, -0.25) is 4.79 Å². The van der Waals surface area contributed by atoms with Crippen LogP contribution in [0.4, 0.5) is 5.82 Å². The van der Waals surface area contributed by atoms with Crippen LogP contribution < -0.4 is 5.32 Å². The molecular weight excluding hydrogens is 228 g/mol. The van der Waals surface area contributed by atoms with Gasteiger partial charge < -0.3 is 15.1 Å². The zero-order valence-corrected chi connectivity index (χ0v) is 11.2. The number of anilines is 1. The predicted molar refractivity (Wildman–Crippen MR) is 71.8 cm³/mol. The molecule has 1 saturated heterocycles. The molecule has 0 bridgehead atoms.